The van der Waals surface area contributed by atoms with E-state index >= 15 is 0 Å². The van der Waals surface area contributed by atoms with E-state index in [4.69, 9.17) is 10.2 Å². The molecule has 0 aromatic heterocycles. The Morgan fingerprint density at radius 2 is 1.89 bits per heavy atom. The van der Waals surface area contributed by atoms with Crippen LogP contribution >= 0.6 is 0 Å². The fraction of sp³-hybridized carbons (Fsp3) is 0.273. The van der Waals surface area contributed by atoms with Crippen molar-refractivity contribution in [3.63, 3.8) is 0 Å². The van der Waals surface area contributed by atoms with Crippen LogP contribution in [0.1, 0.15) is 17.3 Å². The van der Waals surface area contributed by atoms with Crippen molar-refractivity contribution in [2.24, 2.45) is 5.92 Å². The topological polar surface area (TPSA) is 86.6 Å². The number of hydrogen-bond acceptors (Lipinski definition) is 3. The Hall–Kier alpha value is -2.25. The molecule has 0 bridgehead atoms. The van der Waals surface area contributed by atoms with Crippen molar-refractivity contribution in [3.05, 3.63) is 29.1 Å². The van der Waals surface area contributed by atoms with Gasteiger partial charge in [0.1, 0.15) is 0 Å². The molecule has 0 radical (unpaired) electrons. The van der Waals surface area contributed by atoms with Gasteiger partial charge in [0, 0.05) is 6.54 Å². The summed E-state index contributed by atoms with van der Waals surface area (Å²) in [7, 11) is 0. The lowest BCUT2D eigenvalue weighted by Gasteiger charge is -2.10. The van der Waals surface area contributed by atoms with Crippen molar-refractivity contribution in [2.75, 3.05) is 6.54 Å². The molecular formula is C11H10F3NO4. The van der Waals surface area contributed by atoms with Crippen molar-refractivity contribution in [2.45, 2.75) is 6.92 Å². The van der Waals surface area contributed by atoms with Crippen LogP contribution < -0.4 is 5.32 Å². The third kappa shape index (κ3) is 3.15. The summed E-state index contributed by atoms with van der Waals surface area (Å²) >= 11 is 0. The molecule has 5 nitrogen and oxygen atoms in total. The summed E-state index contributed by atoms with van der Waals surface area (Å²) in [6, 6.07) is 0.283. The lowest BCUT2D eigenvalue weighted by molar-refractivity contribution is -0.140. The summed E-state index contributed by atoms with van der Waals surface area (Å²) < 4.78 is 39.1. The highest BCUT2D eigenvalue weighted by molar-refractivity contribution is 5.95. The second-order valence-electron chi connectivity index (χ2n) is 3.83. The summed E-state index contributed by atoms with van der Waals surface area (Å²) in [5.74, 6) is -9.88. The van der Waals surface area contributed by atoms with E-state index in [1.54, 1.807) is 0 Å². The smallest absolute Gasteiger partial charge is 0.308 e. The molecule has 1 aromatic carbocycles. The molecule has 0 aliphatic heterocycles. The Morgan fingerprint density at radius 3 is 2.42 bits per heavy atom. The number of halogens is 3. The lowest BCUT2D eigenvalue weighted by atomic mass is 10.1. The molecule has 19 heavy (non-hydrogen) atoms. The van der Waals surface area contributed by atoms with Gasteiger partial charge in [-0.1, -0.05) is 6.92 Å². The Labute approximate surface area is 105 Å². The number of amides is 1. The summed E-state index contributed by atoms with van der Waals surface area (Å²) in [5.41, 5.74) is -0.908. The average Bonchev–Trinajstić information content (AvgIpc) is 2.37. The first-order valence-corrected chi connectivity index (χ1v) is 5.13. The Morgan fingerprint density at radius 1 is 1.32 bits per heavy atom. The average molecular weight is 277 g/mol. The fourth-order valence-corrected chi connectivity index (χ4v) is 1.18. The molecule has 8 heteroatoms. The van der Waals surface area contributed by atoms with Gasteiger partial charge in [-0.3, -0.25) is 9.59 Å². The Balaban J connectivity index is 2.92. The van der Waals surface area contributed by atoms with Gasteiger partial charge in [-0.25, -0.2) is 8.78 Å². The van der Waals surface area contributed by atoms with Crippen molar-refractivity contribution in [3.8, 4) is 5.75 Å². The van der Waals surface area contributed by atoms with Crippen LogP contribution in [0.25, 0.3) is 0 Å². The van der Waals surface area contributed by atoms with Crippen molar-refractivity contribution in [1.29, 1.82) is 0 Å². The van der Waals surface area contributed by atoms with Crippen LogP contribution in [0.15, 0.2) is 6.07 Å². The maximum Gasteiger partial charge on any atom is 0.308 e. The second-order valence-corrected chi connectivity index (χ2v) is 3.83. The largest absolute Gasteiger partial charge is 0.503 e. The van der Waals surface area contributed by atoms with Crippen molar-refractivity contribution >= 4 is 11.9 Å². The molecule has 1 atom stereocenters. The van der Waals surface area contributed by atoms with Gasteiger partial charge >= 0.3 is 5.97 Å². The number of nitrogens with one attached hydrogen (secondary N) is 1. The number of hydrogen-bond donors (Lipinski definition) is 3. The number of aliphatic carboxylic acids is 1. The van der Waals surface area contributed by atoms with Crippen molar-refractivity contribution < 1.29 is 33.0 Å². The number of aromatic hydroxyl groups is 1. The first kappa shape index (κ1) is 14.8. The quantitative estimate of drug-likeness (QED) is 0.723. The fourth-order valence-electron chi connectivity index (χ4n) is 1.18. The predicted octanol–water partition coefficient (Wildman–Crippen LogP) is 1.26. The zero-order chi connectivity index (χ0) is 14.7. The number of phenols is 1. The zero-order valence-electron chi connectivity index (χ0n) is 9.71. The van der Waals surface area contributed by atoms with Gasteiger partial charge in [0.05, 0.1) is 11.5 Å². The highest BCUT2D eigenvalue weighted by atomic mass is 19.2. The molecule has 1 amide bonds. The summed E-state index contributed by atoms with van der Waals surface area (Å²) in [4.78, 5) is 22.0. The zero-order valence-corrected chi connectivity index (χ0v) is 9.71. The molecule has 1 rings (SSSR count). The molecule has 0 saturated carbocycles. The normalized spacial score (nSPS) is 12.0. The molecule has 0 aliphatic rings. The van der Waals surface area contributed by atoms with Crippen molar-refractivity contribution in [1.82, 2.24) is 5.32 Å². The summed E-state index contributed by atoms with van der Waals surface area (Å²) in [6.45, 7) is 0.967. The van der Waals surface area contributed by atoms with Crippen LogP contribution in [-0.4, -0.2) is 28.6 Å². The monoisotopic (exact) mass is 277 g/mol. The first-order chi connectivity index (χ1) is 8.75. The predicted molar refractivity (Wildman–Crippen MR) is 57.1 cm³/mol. The van der Waals surface area contributed by atoms with Gasteiger partial charge in [0.15, 0.2) is 17.4 Å². The van der Waals surface area contributed by atoms with Crippen LogP contribution in [0, 0.1) is 23.4 Å². The molecule has 0 spiro atoms. The van der Waals surface area contributed by atoms with Gasteiger partial charge in [0.2, 0.25) is 5.82 Å². The molecule has 0 heterocycles. The molecular weight excluding hydrogens is 267 g/mol. The highest BCUT2D eigenvalue weighted by Crippen LogP contribution is 2.25. The van der Waals surface area contributed by atoms with E-state index in [9.17, 15) is 22.8 Å². The number of phenolic OH excluding ortho intramolecular Hbond substituents is 1. The maximum atomic E-state index is 13.3. The van der Waals surface area contributed by atoms with Gasteiger partial charge in [-0.05, 0) is 6.07 Å². The molecule has 0 aliphatic carbocycles. The first-order valence-electron chi connectivity index (χ1n) is 5.13. The van der Waals surface area contributed by atoms with E-state index in [1.165, 1.54) is 6.92 Å². The minimum absolute atomic E-state index is 0.283. The molecule has 1 aromatic rings. The van der Waals surface area contributed by atoms with Crippen LogP contribution in [0.3, 0.4) is 0 Å². The van der Waals surface area contributed by atoms with Crippen LogP contribution in [0.4, 0.5) is 13.2 Å². The van der Waals surface area contributed by atoms with E-state index in [0.717, 1.165) is 0 Å². The van der Waals surface area contributed by atoms with Gasteiger partial charge in [-0.15, -0.1) is 0 Å². The second kappa shape index (κ2) is 5.59. The van der Waals surface area contributed by atoms with E-state index in [1.807, 2.05) is 5.32 Å². The van der Waals surface area contributed by atoms with Crippen LogP contribution in [0.2, 0.25) is 0 Å². The number of benzene rings is 1. The van der Waals surface area contributed by atoms with E-state index in [2.05, 4.69) is 0 Å². The highest BCUT2D eigenvalue weighted by Gasteiger charge is 2.23. The number of carbonyl (C=O) groups excluding carboxylic acids is 1. The molecule has 1 unspecified atom stereocenters. The standard InChI is InChI=1S/C11H10F3NO4/c1-4(11(18)19)3-15-10(17)5-2-6(12)8(14)9(16)7(5)13/h2,4,16H,3H2,1H3,(H,15,17)(H,18,19). The SMILES string of the molecule is CC(CNC(=O)c1cc(F)c(F)c(O)c1F)C(=O)O. The van der Waals surface area contributed by atoms with Gasteiger partial charge in [-0.2, -0.15) is 4.39 Å². The van der Waals surface area contributed by atoms with Gasteiger partial charge < -0.3 is 15.5 Å². The van der Waals surface area contributed by atoms with Crippen LogP contribution in [0.5, 0.6) is 5.75 Å². The number of rotatable bonds is 4. The molecule has 0 fully saturated rings. The van der Waals surface area contributed by atoms with E-state index in [-0.39, 0.29) is 12.6 Å². The molecule has 0 saturated heterocycles. The molecule has 104 valence electrons. The van der Waals surface area contributed by atoms with E-state index in [0.29, 0.717) is 0 Å². The Bertz CT molecular complexity index is 533. The Kier molecular flexibility index (Phi) is 4.36. The maximum absolute atomic E-state index is 13.3. The molecule has 3 N–H and O–H groups in total. The third-order valence-electron chi connectivity index (χ3n) is 2.37. The minimum atomic E-state index is -1.80. The summed E-state index contributed by atoms with van der Waals surface area (Å²) in [6.07, 6.45) is 0. The number of carboxylic acids is 1. The van der Waals surface area contributed by atoms with Crippen LogP contribution in [-0.2, 0) is 4.79 Å². The summed E-state index contributed by atoms with van der Waals surface area (Å²) in [5, 5.41) is 19.5. The van der Waals surface area contributed by atoms with Gasteiger partial charge in [0.25, 0.3) is 5.91 Å². The number of carbonyl (C=O) groups is 2. The van der Waals surface area contributed by atoms with E-state index < -0.39 is 46.6 Å². The third-order valence-corrected chi connectivity index (χ3v) is 2.37. The number of carboxylic acid groups (broad SMARTS) is 1. The lowest BCUT2D eigenvalue weighted by Crippen LogP contribution is -2.32. The minimum Gasteiger partial charge on any atom is -0.503 e.